The largest absolute Gasteiger partial charge is 0.490 e. The van der Waals surface area contributed by atoms with Crippen LogP contribution < -0.4 is 14.8 Å². The van der Waals surface area contributed by atoms with Crippen LogP contribution in [-0.2, 0) is 11.4 Å². The molecule has 0 aromatic heterocycles. The highest BCUT2D eigenvalue weighted by atomic mass is 79.9. The number of amides is 2. The van der Waals surface area contributed by atoms with Gasteiger partial charge in [-0.2, -0.15) is 4.99 Å². The molecule has 0 spiro atoms. The van der Waals surface area contributed by atoms with Crippen molar-refractivity contribution in [2.75, 3.05) is 6.61 Å². The van der Waals surface area contributed by atoms with Crippen LogP contribution in [0.2, 0.25) is 15.1 Å². The van der Waals surface area contributed by atoms with Crippen LogP contribution >= 0.6 is 62.5 Å². The quantitative estimate of drug-likeness (QED) is 0.267. The van der Waals surface area contributed by atoms with Gasteiger partial charge >= 0.3 is 0 Å². The SMILES string of the molecule is CCOc1cc(/C=C2\SC(=NC(=O)c3ccc(Cl)cc3)NC2=O)cc(Br)c1OCc1ccc(Cl)c(Cl)c1. The van der Waals surface area contributed by atoms with Gasteiger partial charge in [-0.1, -0.05) is 40.9 Å². The molecule has 1 N–H and O–H groups in total. The van der Waals surface area contributed by atoms with Gasteiger partial charge in [0.05, 0.1) is 26.0 Å². The topological polar surface area (TPSA) is 77.0 Å². The Bertz CT molecular complexity index is 1430. The normalized spacial score (nSPS) is 15.2. The lowest BCUT2D eigenvalue weighted by atomic mass is 10.1. The summed E-state index contributed by atoms with van der Waals surface area (Å²) < 4.78 is 12.4. The smallest absolute Gasteiger partial charge is 0.279 e. The zero-order chi connectivity index (χ0) is 26.5. The van der Waals surface area contributed by atoms with E-state index in [0.717, 1.165) is 17.3 Å². The molecule has 37 heavy (non-hydrogen) atoms. The molecule has 0 unspecified atom stereocenters. The van der Waals surface area contributed by atoms with E-state index in [9.17, 15) is 9.59 Å². The van der Waals surface area contributed by atoms with Gasteiger partial charge in [0.1, 0.15) is 6.61 Å². The Labute approximate surface area is 241 Å². The van der Waals surface area contributed by atoms with Crippen molar-refractivity contribution in [3.8, 4) is 11.5 Å². The number of rotatable bonds is 7. The van der Waals surface area contributed by atoms with Gasteiger partial charge in [0.15, 0.2) is 16.7 Å². The van der Waals surface area contributed by atoms with Crippen LogP contribution in [0, 0.1) is 0 Å². The minimum absolute atomic E-state index is 0.196. The minimum atomic E-state index is -0.481. The fourth-order valence-electron chi connectivity index (χ4n) is 3.24. The van der Waals surface area contributed by atoms with Crippen LogP contribution in [0.5, 0.6) is 11.5 Å². The number of halogens is 4. The van der Waals surface area contributed by atoms with E-state index in [1.54, 1.807) is 48.5 Å². The van der Waals surface area contributed by atoms with Crippen LogP contribution in [0.25, 0.3) is 6.08 Å². The maximum Gasteiger partial charge on any atom is 0.279 e. The number of hydrogen-bond acceptors (Lipinski definition) is 5. The Morgan fingerprint density at radius 1 is 1.05 bits per heavy atom. The first-order chi connectivity index (χ1) is 17.7. The second kappa shape index (κ2) is 12.4. The molecule has 2 amide bonds. The third-order valence-corrected chi connectivity index (χ3v) is 7.43. The molecule has 1 aliphatic heterocycles. The molecule has 3 aromatic carbocycles. The van der Waals surface area contributed by atoms with Crippen LogP contribution in [0.4, 0.5) is 0 Å². The van der Waals surface area contributed by atoms with Gasteiger partial charge in [-0.15, -0.1) is 0 Å². The average molecular weight is 641 g/mol. The summed E-state index contributed by atoms with van der Waals surface area (Å²) in [7, 11) is 0. The summed E-state index contributed by atoms with van der Waals surface area (Å²) in [5.74, 6) is 0.167. The molecule has 0 radical (unpaired) electrons. The Balaban J connectivity index is 1.53. The fraction of sp³-hybridized carbons (Fsp3) is 0.115. The van der Waals surface area contributed by atoms with Gasteiger partial charge in [-0.25, -0.2) is 0 Å². The van der Waals surface area contributed by atoms with E-state index in [2.05, 4.69) is 26.2 Å². The summed E-state index contributed by atoms with van der Waals surface area (Å²) in [5, 5.41) is 4.24. The Morgan fingerprint density at radius 3 is 2.51 bits per heavy atom. The first-order valence-corrected chi connectivity index (χ1v) is 13.6. The molecule has 11 heteroatoms. The summed E-state index contributed by atoms with van der Waals surface area (Å²) in [6.45, 7) is 2.52. The van der Waals surface area contributed by atoms with Crippen molar-refractivity contribution in [2.45, 2.75) is 13.5 Å². The summed E-state index contributed by atoms with van der Waals surface area (Å²) in [6, 6.07) is 15.2. The highest BCUT2D eigenvalue weighted by Gasteiger charge is 2.25. The van der Waals surface area contributed by atoms with E-state index in [-0.39, 0.29) is 17.7 Å². The predicted octanol–water partition coefficient (Wildman–Crippen LogP) is 7.79. The first kappa shape index (κ1) is 27.5. The van der Waals surface area contributed by atoms with Crippen LogP contribution in [0.15, 0.2) is 69.0 Å². The third kappa shape index (κ3) is 7.09. The molecule has 4 rings (SSSR count). The van der Waals surface area contributed by atoms with Gasteiger partial charge in [0.2, 0.25) is 0 Å². The molecule has 0 aliphatic carbocycles. The molecular weight excluding hydrogens is 623 g/mol. The number of hydrogen-bond donors (Lipinski definition) is 1. The lowest BCUT2D eigenvalue weighted by Gasteiger charge is -2.15. The van der Waals surface area contributed by atoms with Crippen molar-refractivity contribution >= 4 is 85.6 Å². The highest BCUT2D eigenvalue weighted by molar-refractivity contribution is 9.10. The number of nitrogens with one attached hydrogen (secondary N) is 1. The minimum Gasteiger partial charge on any atom is -0.490 e. The van der Waals surface area contributed by atoms with E-state index in [0.29, 0.717) is 53.7 Å². The number of carbonyl (C=O) groups is 2. The van der Waals surface area contributed by atoms with Crippen molar-refractivity contribution in [3.63, 3.8) is 0 Å². The molecule has 1 saturated heterocycles. The molecule has 1 fully saturated rings. The second-order valence-corrected chi connectivity index (χ2v) is 10.7. The molecule has 6 nitrogen and oxygen atoms in total. The molecule has 3 aromatic rings. The number of nitrogens with zero attached hydrogens (tertiary/aromatic N) is 1. The average Bonchev–Trinajstić information content (AvgIpc) is 3.19. The maximum atomic E-state index is 12.5. The van der Waals surface area contributed by atoms with Crippen LogP contribution in [-0.4, -0.2) is 23.6 Å². The summed E-state index contributed by atoms with van der Waals surface area (Å²) >= 11 is 22.6. The molecule has 0 atom stereocenters. The van der Waals surface area contributed by atoms with Crippen LogP contribution in [0.3, 0.4) is 0 Å². The molecule has 0 saturated carbocycles. The summed E-state index contributed by atoms with van der Waals surface area (Å²) in [5.41, 5.74) is 1.90. The van der Waals surface area contributed by atoms with Gasteiger partial charge in [-0.3, -0.25) is 9.59 Å². The third-order valence-electron chi connectivity index (χ3n) is 4.94. The van der Waals surface area contributed by atoms with E-state index < -0.39 is 5.91 Å². The van der Waals surface area contributed by atoms with E-state index in [1.807, 2.05) is 19.1 Å². The summed E-state index contributed by atoms with van der Waals surface area (Å²) in [6.07, 6.45) is 1.69. The molecule has 1 aliphatic rings. The van der Waals surface area contributed by atoms with Crippen molar-refractivity contribution in [1.82, 2.24) is 5.32 Å². The molecular formula is C26H18BrCl3N2O4S. The first-order valence-electron chi connectivity index (χ1n) is 10.9. The van der Waals surface area contributed by atoms with E-state index in [1.165, 1.54) is 0 Å². The number of thioether (sulfide) groups is 1. The molecule has 1 heterocycles. The van der Waals surface area contributed by atoms with Crippen molar-refractivity contribution in [3.05, 3.63) is 95.7 Å². The molecule has 190 valence electrons. The zero-order valence-electron chi connectivity index (χ0n) is 19.2. The Kier molecular flexibility index (Phi) is 9.21. The lowest BCUT2D eigenvalue weighted by Crippen LogP contribution is -2.20. The maximum absolute atomic E-state index is 12.5. The van der Waals surface area contributed by atoms with E-state index in [4.69, 9.17) is 44.3 Å². The second-order valence-electron chi connectivity index (χ2n) is 7.59. The Morgan fingerprint density at radius 2 is 1.81 bits per heavy atom. The van der Waals surface area contributed by atoms with Gasteiger partial charge in [0, 0.05) is 10.6 Å². The van der Waals surface area contributed by atoms with Crippen molar-refractivity contribution < 1.29 is 19.1 Å². The number of amidine groups is 1. The summed E-state index contributed by atoms with van der Waals surface area (Å²) in [4.78, 5) is 29.3. The zero-order valence-corrected chi connectivity index (χ0v) is 23.9. The monoisotopic (exact) mass is 638 g/mol. The lowest BCUT2D eigenvalue weighted by molar-refractivity contribution is -0.115. The van der Waals surface area contributed by atoms with Crippen molar-refractivity contribution in [1.29, 1.82) is 0 Å². The van der Waals surface area contributed by atoms with Gasteiger partial charge in [0.25, 0.3) is 11.8 Å². The molecule has 0 bridgehead atoms. The number of aliphatic imine (C=N–C) groups is 1. The standard InChI is InChI=1S/C26H18BrCl3N2O4S/c1-2-35-21-11-15(9-18(27)23(21)36-13-14-3-8-19(29)20(30)10-14)12-22-25(34)32-26(37-22)31-24(33)16-4-6-17(28)7-5-16/h3-12H,2,13H2,1H3,(H,31,32,33,34)/b22-12-. The van der Waals surface area contributed by atoms with Gasteiger partial charge in [-0.05, 0) is 100 Å². The number of carbonyl (C=O) groups excluding carboxylic acids is 2. The van der Waals surface area contributed by atoms with Gasteiger partial charge < -0.3 is 14.8 Å². The predicted molar refractivity (Wildman–Crippen MR) is 153 cm³/mol. The highest BCUT2D eigenvalue weighted by Crippen LogP contribution is 2.39. The van der Waals surface area contributed by atoms with E-state index >= 15 is 0 Å². The van der Waals surface area contributed by atoms with Crippen LogP contribution in [0.1, 0.15) is 28.4 Å². The number of ether oxygens (including phenoxy) is 2. The number of benzene rings is 3. The Hall–Kier alpha value is -2.49. The fourth-order valence-corrected chi connectivity index (χ4v) is 5.08. The van der Waals surface area contributed by atoms with Crippen molar-refractivity contribution in [2.24, 2.45) is 4.99 Å².